The summed E-state index contributed by atoms with van der Waals surface area (Å²) in [5.41, 5.74) is -0.106. The molecule has 1 aliphatic carbocycles. The maximum atomic E-state index is 13.4. The second-order valence-electron chi connectivity index (χ2n) is 4.15. The summed E-state index contributed by atoms with van der Waals surface area (Å²) in [6.07, 6.45) is -0.163. The minimum Gasteiger partial charge on any atom is -0.299 e. The van der Waals surface area contributed by atoms with Crippen LogP contribution in [0.5, 0.6) is 0 Å². The molecule has 1 aliphatic rings. The van der Waals surface area contributed by atoms with Crippen LogP contribution in [0.3, 0.4) is 0 Å². The standard InChI is InChI=1S/C12H9F3O2/c13-10-5-12(15)11(14)4-9(10)6-1-7(16)3-8(17)2-6/h4-6H,1-3H2. The second kappa shape index (κ2) is 4.31. The third kappa shape index (κ3) is 2.38. The summed E-state index contributed by atoms with van der Waals surface area (Å²) in [5, 5.41) is 0. The van der Waals surface area contributed by atoms with E-state index < -0.39 is 23.4 Å². The molecule has 0 radical (unpaired) electrons. The van der Waals surface area contributed by atoms with Gasteiger partial charge >= 0.3 is 0 Å². The lowest BCUT2D eigenvalue weighted by Crippen LogP contribution is -2.22. The van der Waals surface area contributed by atoms with Gasteiger partial charge in [-0.1, -0.05) is 0 Å². The number of ketones is 2. The van der Waals surface area contributed by atoms with Crippen LogP contribution < -0.4 is 0 Å². The van der Waals surface area contributed by atoms with Crippen LogP contribution in [0.15, 0.2) is 12.1 Å². The minimum atomic E-state index is -1.28. The Morgan fingerprint density at radius 3 is 2.00 bits per heavy atom. The van der Waals surface area contributed by atoms with Crippen molar-refractivity contribution in [1.82, 2.24) is 0 Å². The van der Waals surface area contributed by atoms with Gasteiger partial charge in [-0.15, -0.1) is 0 Å². The zero-order valence-corrected chi connectivity index (χ0v) is 8.80. The van der Waals surface area contributed by atoms with E-state index in [0.29, 0.717) is 6.07 Å². The lowest BCUT2D eigenvalue weighted by molar-refractivity contribution is -0.130. The molecular weight excluding hydrogens is 233 g/mol. The summed E-state index contributed by atoms with van der Waals surface area (Å²) in [6, 6.07) is 1.16. The Hall–Kier alpha value is -1.65. The number of rotatable bonds is 1. The van der Waals surface area contributed by atoms with Crippen LogP contribution in [0.25, 0.3) is 0 Å². The van der Waals surface area contributed by atoms with Gasteiger partial charge < -0.3 is 0 Å². The van der Waals surface area contributed by atoms with Crippen molar-refractivity contribution in [2.24, 2.45) is 0 Å². The van der Waals surface area contributed by atoms with E-state index in [1.54, 1.807) is 0 Å². The first-order valence-electron chi connectivity index (χ1n) is 5.15. The van der Waals surface area contributed by atoms with Crippen molar-refractivity contribution in [3.8, 4) is 0 Å². The average molecular weight is 242 g/mol. The molecule has 0 unspecified atom stereocenters. The molecule has 2 rings (SSSR count). The van der Waals surface area contributed by atoms with Gasteiger partial charge in [-0.3, -0.25) is 9.59 Å². The Labute approximate surface area is 95.4 Å². The van der Waals surface area contributed by atoms with Crippen LogP contribution >= 0.6 is 0 Å². The Bertz CT molecular complexity index is 481. The number of hydrogen-bond donors (Lipinski definition) is 0. The van der Waals surface area contributed by atoms with Gasteiger partial charge in [0.2, 0.25) is 0 Å². The predicted molar refractivity (Wildman–Crippen MR) is 52.9 cm³/mol. The fourth-order valence-corrected chi connectivity index (χ4v) is 2.06. The van der Waals surface area contributed by atoms with E-state index >= 15 is 0 Å². The van der Waals surface area contributed by atoms with E-state index in [-0.39, 0.29) is 36.4 Å². The maximum absolute atomic E-state index is 13.4. The summed E-state index contributed by atoms with van der Waals surface area (Å²) in [6.45, 7) is 0. The van der Waals surface area contributed by atoms with Gasteiger partial charge in [0.05, 0.1) is 6.42 Å². The minimum absolute atomic E-state index is 0.00622. The summed E-state index contributed by atoms with van der Waals surface area (Å²) < 4.78 is 39.2. The summed E-state index contributed by atoms with van der Waals surface area (Å²) in [5.74, 6) is -4.65. The largest absolute Gasteiger partial charge is 0.299 e. The topological polar surface area (TPSA) is 34.1 Å². The molecule has 0 aromatic heterocycles. The third-order valence-electron chi connectivity index (χ3n) is 2.82. The molecule has 5 heteroatoms. The van der Waals surface area contributed by atoms with E-state index in [4.69, 9.17) is 0 Å². The number of benzene rings is 1. The maximum Gasteiger partial charge on any atom is 0.161 e. The molecule has 2 nitrogen and oxygen atoms in total. The molecule has 1 aromatic rings. The molecule has 1 fully saturated rings. The van der Waals surface area contributed by atoms with Crippen LogP contribution in [0.2, 0.25) is 0 Å². The zero-order valence-electron chi connectivity index (χ0n) is 8.80. The van der Waals surface area contributed by atoms with Crippen molar-refractivity contribution in [3.05, 3.63) is 35.1 Å². The number of carbonyl (C=O) groups excluding carboxylic acids is 2. The van der Waals surface area contributed by atoms with Gasteiger partial charge in [-0.2, -0.15) is 0 Å². The van der Waals surface area contributed by atoms with Crippen molar-refractivity contribution in [2.75, 3.05) is 0 Å². The van der Waals surface area contributed by atoms with Crippen molar-refractivity contribution >= 4 is 11.6 Å². The van der Waals surface area contributed by atoms with Crippen LogP contribution in [0, 0.1) is 17.5 Å². The molecule has 1 saturated carbocycles. The highest BCUT2D eigenvalue weighted by atomic mass is 19.2. The van der Waals surface area contributed by atoms with Gasteiger partial charge in [0.15, 0.2) is 11.6 Å². The zero-order chi connectivity index (χ0) is 12.6. The van der Waals surface area contributed by atoms with Crippen molar-refractivity contribution in [1.29, 1.82) is 0 Å². The van der Waals surface area contributed by atoms with E-state index in [1.165, 1.54) is 0 Å². The molecule has 0 heterocycles. The lowest BCUT2D eigenvalue weighted by Gasteiger charge is -2.20. The molecule has 0 aliphatic heterocycles. The van der Waals surface area contributed by atoms with Gasteiger partial charge in [0.25, 0.3) is 0 Å². The fourth-order valence-electron chi connectivity index (χ4n) is 2.06. The number of carbonyl (C=O) groups is 2. The molecular formula is C12H9F3O2. The average Bonchev–Trinajstić information content (AvgIpc) is 2.22. The number of Topliss-reactive ketones (excluding diaryl/α,β-unsaturated/α-hetero) is 2. The molecule has 0 saturated heterocycles. The first-order chi connectivity index (χ1) is 7.97. The normalized spacial score (nSPS) is 17.6. The Balaban J connectivity index is 2.36. The van der Waals surface area contributed by atoms with Crippen molar-refractivity contribution in [2.45, 2.75) is 25.2 Å². The summed E-state index contributed by atoms with van der Waals surface area (Å²) in [7, 11) is 0. The highest BCUT2D eigenvalue weighted by Crippen LogP contribution is 2.31. The fraction of sp³-hybridized carbons (Fsp3) is 0.333. The number of hydrogen-bond acceptors (Lipinski definition) is 2. The molecule has 90 valence electrons. The molecule has 0 atom stereocenters. The lowest BCUT2D eigenvalue weighted by atomic mass is 9.82. The Kier molecular flexibility index (Phi) is 3.00. The molecule has 17 heavy (non-hydrogen) atoms. The molecule has 0 N–H and O–H groups in total. The van der Waals surface area contributed by atoms with Gasteiger partial charge in [0, 0.05) is 24.8 Å². The molecule has 0 spiro atoms. The first kappa shape index (κ1) is 11.8. The van der Waals surface area contributed by atoms with Crippen LogP contribution in [0.1, 0.15) is 30.7 Å². The Morgan fingerprint density at radius 1 is 0.882 bits per heavy atom. The summed E-state index contributed by atoms with van der Waals surface area (Å²) >= 11 is 0. The van der Waals surface area contributed by atoms with E-state index in [1.807, 2.05) is 0 Å². The highest BCUT2D eigenvalue weighted by Gasteiger charge is 2.29. The van der Waals surface area contributed by atoms with Crippen LogP contribution in [-0.4, -0.2) is 11.6 Å². The smallest absolute Gasteiger partial charge is 0.161 e. The van der Waals surface area contributed by atoms with Gasteiger partial charge in [0.1, 0.15) is 17.4 Å². The SMILES string of the molecule is O=C1CC(=O)CC(c2cc(F)c(F)cc2F)C1. The van der Waals surface area contributed by atoms with E-state index in [2.05, 4.69) is 0 Å². The third-order valence-corrected chi connectivity index (χ3v) is 2.82. The van der Waals surface area contributed by atoms with Gasteiger partial charge in [-0.25, -0.2) is 13.2 Å². The predicted octanol–water partition coefficient (Wildman–Crippen LogP) is 2.51. The first-order valence-corrected chi connectivity index (χ1v) is 5.15. The molecule has 0 amide bonds. The second-order valence-corrected chi connectivity index (χ2v) is 4.15. The number of halogens is 3. The van der Waals surface area contributed by atoms with E-state index in [9.17, 15) is 22.8 Å². The molecule has 0 bridgehead atoms. The monoisotopic (exact) mass is 242 g/mol. The van der Waals surface area contributed by atoms with E-state index in [0.717, 1.165) is 6.07 Å². The quantitative estimate of drug-likeness (QED) is 0.560. The molecule has 1 aromatic carbocycles. The van der Waals surface area contributed by atoms with Crippen molar-refractivity contribution in [3.63, 3.8) is 0 Å². The van der Waals surface area contributed by atoms with Gasteiger partial charge in [-0.05, 0) is 11.6 Å². The Morgan fingerprint density at radius 2 is 1.41 bits per heavy atom. The summed E-state index contributed by atoms with van der Waals surface area (Å²) in [4.78, 5) is 22.4. The highest BCUT2D eigenvalue weighted by molar-refractivity contribution is 6.02. The van der Waals surface area contributed by atoms with Crippen LogP contribution in [-0.2, 0) is 9.59 Å². The van der Waals surface area contributed by atoms with Crippen molar-refractivity contribution < 1.29 is 22.8 Å². The van der Waals surface area contributed by atoms with Crippen LogP contribution in [0.4, 0.5) is 13.2 Å².